The van der Waals surface area contributed by atoms with Crippen molar-refractivity contribution in [1.82, 2.24) is 14.4 Å². The Kier molecular flexibility index (Phi) is 5.46. The Hall–Kier alpha value is -2.60. The van der Waals surface area contributed by atoms with Crippen molar-refractivity contribution in [1.29, 1.82) is 0 Å². The quantitative estimate of drug-likeness (QED) is 0.656. The first-order chi connectivity index (χ1) is 13.9. The largest absolute Gasteiger partial charge is 0.379 e. The van der Waals surface area contributed by atoms with Crippen LogP contribution >= 0.6 is 11.3 Å². The zero-order valence-electron chi connectivity index (χ0n) is 15.5. The normalized spacial score (nSPS) is 15.3. The number of benzene rings is 1. The molecule has 29 heavy (non-hydrogen) atoms. The van der Waals surface area contributed by atoms with E-state index in [-0.39, 0.29) is 10.8 Å². The Morgan fingerprint density at radius 2 is 1.90 bits per heavy atom. The van der Waals surface area contributed by atoms with Crippen LogP contribution in [-0.4, -0.2) is 55.1 Å². The second kappa shape index (κ2) is 8.03. The zero-order valence-corrected chi connectivity index (χ0v) is 17.1. The van der Waals surface area contributed by atoms with E-state index in [9.17, 15) is 13.2 Å². The van der Waals surface area contributed by atoms with E-state index in [1.54, 1.807) is 13.0 Å². The highest BCUT2D eigenvalue weighted by Crippen LogP contribution is 2.32. The molecule has 1 saturated heterocycles. The molecule has 0 spiro atoms. The maximum Gasteiger partial charge on any atom is 0.270 e. The Bertz CT molecular complexity index is 1120. The summed E-state index contributed by atoms with van der Waals surface area (Å²) in [7, 11) is -3.60. The predicted molar refractivity (Wildman–Crippen MR) is 106 cm³/mol. The van der Waals surface area contributed by atoms with Gasteiger partial charge < -0.3 is 14.6 Å². The van der Waals surface area contributed by atoms with E-state index in [1.807, 2.05) is 5.38 Å². The van der Waals surface area contributed by atoms with Gasteiger partial charge in [0.25, 0.3) is 11.8 Å². The number of anilines is 1. The van der Waals surface area contributed by atoms with Gasteiger partial charge >= 0.3 is 0 Å². The zero-order chi connectivity index (χ0) is 20.4. The van der Waals surface area contributed by atoms with Gasteiger partial charge in [0.1, 0.15) is 4.88 Å². The monoisotopic (exact) mass is 434 g/mol. The maximum atomic E-state index is 12.7. The summed E-state index contributed by atoms with van der Waals surface area (Å²) in [6.45, 7) is 3.11. The fraction of sp³-hybridized carbons (Fsp3) is 0.278. The summed E-state index contributed by atoms with van der Waals surface area (Å²) >= 11 is 1.37. The van der Waals surface area contributed by atoms with Gasteiger partial charge in [-0.2, -0.15) is 9.29 Å². The van der Waals surface area contributed by atoms with E-state index < -0.39 is 10.0 Å². The van der Waals surface area contributed by atoms with Crippen molar-refractivity contribution in [3.05, 3.63) is 47.1 Å². The summed E-state index contributed by atoms with van der Waals surface area (Å²) in [5.74, 6) is 0.471. The Morgan fingerprint density at radius 3 is 2.55 bits per heavy atom. The summed E-state index contributed by atoms with van der Waals surface area (Å²) in [4.78, 5) is 17.6. The lowest BCUT2D eigenvalue weighted by atomic mass is 10.2. The third-order valence-electron chi connectivity index (χ3n) is 4.36. The highest BCUT2D eigenvalue weighted by atomic mass is 32.2. The molecule has 1 N–H and O–H groups in total. The molecule has 1 aliphatic heterocycles. The van der Waals surface area contributed by atoms with Gasteiger partial charge in [-0.05, 0) is 42.6 Å². The molecule has 3 aromatic rings. The topological polar surface area (TPSA) is 115 Å². The smallest absolute Gasteiger partial charge is 0.270 e. The maximum absolute atomic E-state index is 12.7. The van der Waals surface area contributed by atoms with Gasteiger partial charge in [-0.25, -0.2) is 8.42 Å². The molecule has 2 aromatic heterocycles. The number of rotatable bonds is 5. The van der Waals surface area contributed by atoms with Crippen molar-refractivity contribution in [3.63, 3.8) is 0 Å². The van der Waals surface area contributed by atoms with Gasteiger partial charge in [-0.3, -0.25) is 4.79 Å². The van der Waals surface area contributed by atoms with E-state index in [1.165, 1.54) is 39.9 Å². The van der Waals surface area contributed by atoms with Crippen LogP contribution in [0, 0.1) is 6.92 Å². The summed E-state index contributed by atoms with van der Waals surface area (Å²) in [6, 6.07) is 7.61. The lowest BCUT2D eigenvalue weighted by Gasteiger charge is -2.26. The van der Waals surface area contributed by atoms with Gasteiger partial charge in [-0.15, -0.1) is 11.3 Å². The number of amides is 1. The minimum Gasteiger partial charge on any atom is -0.379 e. The number of carbonyl (C=O) groups is 1. The minimum atomic E-state index is -3.60. The first-order valence-corrected chi connectivity index (χ1v) is 11.1. The van der Waals surface area contributed by atoms with Gasteiger partial charge in [0.2, 0.25) is 10.0 Å². The molecule has 152 valence electrons. The number of nitrogens with one attached hydrogen (secondary N) is 1. The third kappa shape index (κ3) is 4.08. The van der Waals surface area contributed by atoms with Crippen molar-refractivity contribution < 1.29 is 22.5 Å². The molecule has 9 nitrogen and oxygen atoms in total. The number of aromatic nitrogens is 2. The van der Waals surface area contributed by atoms with E-state index in [0.29, 0.717) is 54.1 Å². The molecule has 1 aliphatic rings. The standard InChI is InChI=1S/C18H18N4O5S2/c1-12-19-18(27-21-12)16-15(6-11-28-16)20-17(23)13-2-4-14(5-3-13)29(24,25)22-7-9-26-10-8-22/h2-6,11H,7-10H2,1H3,(H,20,23). The third-order valence-corrected chi connectivity index (χ3v) is 7.17. The number of thiophene rings is 1. The van der Waals surface area contributed by atoms with E-state index in [4.69, 9.17) is 9.26 Å². The predicted octanol–water partition coefficient (Wildman–Crippen LogP) is 2.38. The SMILES string of the molecule is Cc1noc(-c2sccc2NC(=O)c2ccc(S(=O)(=O)N3CCOCC3)cc2)n1. The molecule has 1 amide bonds. The molecule has 0 aliphatic carbocycles. The van der Waals surface area contributed by atoms with Crippen LogP contribution in [0.5, 0.6) is 0 Å². The first-order valence-electron chi connectivity index (χ1n) is 8.82. The fourth-order valence-corrected chi connectivity index (χ4v) is 5.05. The summed E-state index contributed by atoms with van der Waals surface area (Å²) in [5.41, 5.74) is 0.887. The number of morpholine rings is 1. The number of aryl methyl sites for hydroxylation is 1. The molecule has 0 atom stereocenters. The van der Waals surface area contributed by atoms with Crippen LogP contribution in [0.2, 0.25) is 0 Å². The Balaban J connectivity index is 1.50. The van der Waals surface area contributed by atoms with E-state index in [0.717, 1.165) is 0 Å². The number of sulfonamides is 1. The number of carbonyl (C=O) groups excluding carboxylic acids is 1. The van der Waals surface area contributed by atoms with Crippen LogP contribution in [0.3, 0.4) is 0 Å². The van der Waals surface area contributed by atoms with Crippen molar-refractivity contribution in [2.24, 2.45) is 0 Å². The molecule has 0 radical (unpaired) electrons. The average molecular weight is 434 g/mol. The molecule has 0 unspecified atom stereocenters. The molecular weight excluding hydrogens is 416 g/mol. The Labute approximate surface area is 171 Å². The van der Waals surface area contributed by atoms with Crippen LogP contribution in [0.1, 0.15) is 16.2 Å². The van der Waals surface area contributed by atoms with Crippen molar-refractivity contribution in [2.75, 3.05) is 31.6 Å². The summed E-state index contributed by atoms with van der Waals surface area (Å²) in [6.07, 6.45) is 0. The molecule has 1 aromatic carbocycles. The van der Waals surface area contributed by atoms with Crippen LogP contribution in [-0.2, 0) is 14.8 Å². The van der Waals surface area contributed by atoms with Gasteiger partial charge in [0.05, 0.1) is 23.8 Å². The van der Waals surface area contributed by atoms with Crippen molar-refractivity contribution in [2.45, 2.75) is 11.8 Å². The van der Waals surface area contributed by atoms with Crippen LogP contribution in [0.25, 0.3) is 10.8 Å². The lowest BCUT2D eigenvalue weighted by molar-refractivity contribution is 0.0730. The number of nitrogens with zero attached hydrogens (tertiary/aromatic N) is 3. The van der Waals surface area contributed by atoms with Gasteiger partial charge in [0, 0.05) is 18.7 Å². The van der Waals surface area contributed by atoms with Gasteiger partial charge in [0.15, 0.2) is 5.82 Å². The Morgan fingerprint density at radius 1 is 1.17 bits per heavy atom. The molecular formula is C18H18N4O5S2. The number of hydrogen-bond donors (Lipinski definition) is 1. The van der Waals surface area contributed by atoms with Crippen LogP contribution in [0.4, 0.5) is 5.69 Å². The molecule has 3 heterocycles. The molecule has 1 fully saturated rings. The van der Waals surface area contributed by atoms with Crippen LogP contribution < -0.4 is 5.32 Å². The molecule has 11 heteroatoms. The van der Waals surface area contributed by atoms with E-state index in [2.05, 4.69) is 15.5 Å². The number of hydrogen-bond acceptors (Lipinski definition) is 8. The number of ether oxygens (including phenoxy) is 1. The van der Waals surface area contributed by atoms with Crippen molar-refractivity contribution >= 4 is 33.0 Å². The van der Waals surface area contributed by atoms with Gasteiger partial charge in [-0.1, -0.05) is 5.16 Å². The van der Waals surface area contributed by atoms with Crippen molar-refractivity contribution in [3.8, 4) is 10.8 Å². The van der Waals surface area contributed by atoms with Crippen LogP contribution in [0.15, 0.2) is 45.1 Å². The molecule has 0 saturated carbocycles. The van der Waals surface area contributed by atoms with E-state index >= 15 is 0 Å². The average Bonchev–Trinajstić information content (AvgIpc) is 3.37. The second-order valence-electron chi connectivity index (χ2n) is 6.31. The first kappa shape index (κ1) is 19.7. The highest BCUT2D eigenvalue weighted by molar-refractivity contribution is 7.89. The summed E-state index contributed by atoms with van der Waals surface area (Å²) < 4.78 is 37.1. The second-order valence-corrected chi connectivity index (χ2v) is 9.16. The summed E-state index contributed by atoms with van der Waals surface area (Å²) in [5, 5.41) is 8.37. The lowest BCUT2D eigenvalue weighted by Crippen LogP contribution is -2.40. The minimum absolute atomic E-state index is 0.147. The molecule has 0 bridgehead atoms. The molecule has 4 rings (SSSR count). The fourth-order valence-electron chi connectivity index (χ4n) is 2.87. The highest BCUT2D eigenvalue weighted by Gasteiger charge is 2.26.